The van der Waals surface area contributed by atoms with E-state index < -0.39 is 0 Å². The minimum absolute atomic E-state index is 0. The van der Waals surface area contributed by atoms with Crippen molar-refractivity contribution in [1.82, 2.24) is 20.0 Å². The van der Waals surface area contributed by atoms with Crippen molar-refractivity contribution in [2.45, 2.75) is 33.4 Å². The first-order valence-corrected chi connectivity index (χ1v) is 5.92. The number of halogens is 1. The molecule has 0 saturated carbocycles. The highest BCUT2D eigenvalue weighted by molar-refractivity contribution is 5.85. The number of hydrogen-bond acceptors (Lipinski definition) is 3. The molecule has 1 N–H and O–H groups in total. The fourth-order valence-electron chi connectivity index (χ4n) is 1.61. The maximum atomic E-state index is 4.52. The molecule has 0 radical (unpaired) electrons. The monoisotopic (exact) mass is 260 g/mol. The van der Waals surface area contributed by atoms with Gasteiger partial charge in [-0.05, 0) is 34.9 Å². The zero-order chi connectivity index (χ0) is 12.1. The van der Waals surface area contributed by atoms with Crippen LogP contribution in [0, 0.1) is 6.92 Å². The fourth-order valence-corrected chi connectivity index (χ4v) is 1.61. The number of likely N-dealkylation sites (N-methyl/N-ethyl adjacent to an activating group) is 2. The third-order valence-corrected chi connectivity index (χ3v) is 2.73. The molecule has 0 aliphatic carbocycles. The Bertz CT molecular complexity index is 322. The van der Waals surface area contributed by atoms with Crippen LogP contribution in [-0.2, 0) is 6.54 Å². The van der Waals surface area contributed by atoms with E-state index in [2.05, 4.69) is 49.3 Å². The van der Waals surface area contributed by atoms with Crippen LogP contribution in [0.1, 0.15) is 31.1 Å². The summed E-state index contributed by atoms with van der Waals surface area (Å²) in [4.78, 5) is 2.31. The van der Waals surface area contributed by atoms with E-state index in [9.17, 15) is 0 Å². The number of aryl methyl sites for hydroxylation is 1. The predicted octanol–water partition coefficient (Wildman–Crippen LogP) is 1.85. The second kappa shape index (κ2) is 7.69. The lowest BCUT2D eigenvalue weighted by Gasteiger charge is -2.15. The van der Waals surface area contributed by atoms with Crippen molar-refractivity contribution >= 4 is 12.4 Å². The zero-order valence-electron chi connectivity index (χ0n) is 11.5. The van der Waals surface area contributed by atoms with Crippen LogP contribution in [0.15, 0.2) is 6.20 Å². The van der Waals surface area contributed by atoms with Crippen LogP contribution in [0.2, 0.25) is 0 Å². The molecule has 0 fully saturated rings. The van der Waals surface area contributed by atoms with Crippen LogP contribution in [0.4, 0.5) is 0 Å². The molecule has 0 atom stereocenters. The summed E-state index contributed by atoms with van der Waals surface area (Å²) in [6.45, 7) is 9.44. The third kappa shape index (κ3) is 5.06. The van der Waals surface area contributed by atoms with E-state index in [1.54, 1.807) is 0 Å². The highest BCUT2D eigenvalue weighted by Crippen LogP contribution is 2.12. The van der Waals surface area contributed by atoms with Gasteiger partial charge in [0.15, 0.2) is 0 Å². The van der Waals surface area contributed by atoms with Crippen molar-refractivity contribution in [3.8, 4) is 0 Å². The summed E-state index contributed by atoms with van der Waals surface area (Å²) in [6, 6.07) is 0.440. The van der Waals surface area contributed by atoms with Crippen molar-refractivity contribution in [3.05, 3.63) is 17.5 Å². The van der Waals surface area contributed by atoms with Gasteiger partial charge in [-0.2, -0.15) is 5.10 Å². The summed E-state index contributed by atoms with van der Waals surface area (Å²) >= 11 is 0. The lowest BCUT2D eigenvalue weighted by Crippen LogP contribution is -2.27. The van der Waals surface area contributed by atoms with Crippen molar-refractivity contribution in [2.75, 3.05) is 27.2 Å². The number of nitrogens with zero attached hydrogens (tertiary/aromatic N) is 3. The van der Waals surface area contributed by atoms with E-state index in [-0.39, 0.29) is 12.4 Å². The van der Waals surface area contributed by atoms with Crippen LogP contribution < -0.4 is 5.32 Å². The molecule has 5 heteroatoms. The van der Waals surface area contributed by atoms with Crippen LogP contribution in [0.3, 0.4) is 0 Å². The molecule has 0 bridgehead atoms. The van der Waals surface area contributed by atoms with E-state index in [4.69, 9.17) is 0 Å². The van der Waals surface area contributed by atoms with E-state index in [0.29, 0.717) is 6.04 Å². The summed E-state index contributed by atoms with van der Waals surface area (Å²) in [5, 5.41) is 7.68. The molecule has 100 valence electrons. The number of nitrogens with one attached hydrogen (secondary N) is 1. The van der Waals surface area contributed by atoms with Gasteiger partial charge in [-0.1, -0.05) is 0 Å². The summed E-state index contributed by atoms with van der Waals surface area (Å²) < 4.78 is 2.04. The van der Waals surface area contributed by atoms with Crippen LogP contribution in [0.5, 0.6) is 0 Å². The van der Waals surface area contributed by atoms with Gasteiger partial charge in [0.05, 0.1) is 5.69 Å². The molecule has 0 aliphatic heterocycles. The minimum atomic E-state index is 0. The molecule has 0 saturated heterocycles. The second-order valence-corrected chi connectivity index (χ2v) is 4.65. The topological polar surface area (TPSA) is 33.1 Å². The van der Waals surface area contributed by atoms with Gasteiger partial charge in [-0.15, -0.1) is 12.4 Å². The van der Waals surface area contributed by atoms with Crippen LogP contribution >= 0.6 is 12.4 Å². The third-order valence-electron chi connectivity index (χ3n) is 2.73. The predicted molar refractivity (Wildman–Crippen MR) is 74.9 cm³/mol. The van der Waals surface area contributed by atoms with E-state index in [1.165, 1.54) is 5.56 Å². The van der Waals surface area contributed by atoms with E-state index >= 15 is 0 Å². The molecule has 1 heterocycles. The van der Waals surface area contributed by atoms with Crippen molar-refractivity contribution < 1.29 is 0 Å². The van der Waals surface area contributed by atoms with Crippen LogP contribution in [-0.4, -0.2) is 41.9 Å². The van der Waals surface area contributed by atoms with Gasteiger partial charge in [-0.3, -0.25) is 4.68 Å². The first kappa shape index (κ1) is 16.4. The Morgan fingerprint density at radius 1 is 1.47 bits per heavy atom. The SMILES string of the molecule is CNCCN(C)Cc1cn(C(C)C)nc1C.Cl. The summed E-state index contributed by atoms with van der Waals surface area (Å²) in [5.74, 6) is 0. The molecule has 0 amide bonds. The van der Waals surface area contributed by atoms with Gasteiger partial charge in [-0.25, -0.2) is 0 Å². The van der Waals surface area contributed by atoms with Gasteiger partial charge in [0.2, 0.25) is 0 Å². The minimum Gasteiger partial charge on any atom is -0.318 e. The molecular weight excluding hydrogens is 236 g/mol. The molecule has 1 aromatic rings. The molecule has 1 aromatic heterocycles. The average Bonchev–Trinajstić information content (AvgIpc) is 2.57. The lowest BCUT2D eigenvalue weighted by atomic mass is 10.2. The number of hydrogen-bond donors (Lipinski definition) is 1. The second-order valence-electron chi connectivity index (χ2n) is 4.65. The van der Waals surface area contributed by atoms with Gasteiger partial charge in [0.25, 0.3) is 0 Å². The molecule has 0 spiro atoms. The Morgan fingerprint density at radius 2 is 2.12 bits per heavy atom. The largest absolute Gasteiger partial charge is 0.318 e. The molecule has 4 nitrogen and oxygen atoms in total. The first-order chi connectivity index (χ1) is 7.54. The lowest BCUT2D eigenvalue weighted by molar-refractivity contribution is 0.327. The standard InChI is InChI=1S/C12H24N4.ClH/c1-10(2)16-9-12(11(3)14-16)8-15(5)7-6-13-4;/h9-10,13H,6-8H2,1-5H3;1H. The Kier molecular flexibility index (Phi) is 7.43. The summed E-state index contributed by atoms with van der Waals surface area (Å²) in [7, 11) is 4.12. The smallest absolute Gasteiger partial charge is 0.0638 e. The van der Waals surface area contributed by atoms with Gasteiger partial charge in [0, 0.05) is 37.4 Å². The fraction of sp³-hybridized carbons (Fsp3) is 0.750. The van der Waals surface area contributed by atoms with Gasteiger partial charge in [0.1, 0.15) is 0 Å². The number of aromatic nitrogens is 2. The highest BCUT2D eigenvalue weighted by Gasteiger charge is 2.08. The van der Waals surface area contributed by atoms with Crippen molar-refractivity contribution in [2.24, 2.45) is 0 Å². The Balaban J connectivity index is 0.00000256. The Labute approximate surface area is 111 Å². The molecule has 17 heavy (non-hydrogen) atoms. The maximum Gasteiger partial charge on any atom is 0.0638 e. The first-order valence-electron chi connectivity index (χ1n) is 5.92. The van der Waals surface area contributed by atoms with Crippen LogP contribution in [0.25, 0.3) is 0 Å². The molecule has 0 aliphatic rings. The normalized spacial score (nSPS) is 11.0. The summed E-state index contributed by atoms with van der Waals surface area (Å²) in [5.41, 5.74) is 2.47. The molecule has 0 unspecified atom stereocenters. The van der Waals surface area contributed by atoms with E-state index in [1.807, 2.05) is 11.7 Å². The molecule has 1 rings (SSSR count). The molecular formula is C12H25ClN4. The Morgan fingerprint density at radius 3 is 2.59 bits per heavy atom. The van der Waals surface area contributed by atoms with Crippen molar-refractivity contribution in [3.63, 3.8) is 0 Å². The summed E-state index contributed by atoms with van der Waals surface area (Å²) in [6.07, 6.45) is 2.16. The maximum absolute atomic E-state index is 4.52. The van der Waals surface area contributed by atoms with Crippen molar-refractivity contribution in [1.29, 1.82) is 0 Å². The van der Waals surface area contributed by atoms with E-state index in [0.717, 1.165) is 25.3 Å². The molecule has 0 aromatic carbocycles. The quantitative estimate of drug-likeness (QED) is 0.848. The van der Waals surface area contributed by atoms with Gasteiger partial charge < -0.3 is 10.2 Å². The van der Waals surface area contributed by atoms with Gasteiger partial charge >= 0.3 is 0 Å². The number of rotatable bonds is 6. The highest BCUT2D eigenvalue weighted by atomic mass is 35.5. The Hall–Kier alpha value is -0.580. The average molecular weight is 261 g/mol. The zero-order valence-corrected chi connectivity index (χ0v) is 12.3.